The van der Waals surface area contributed by atoms with Crippen LogP contribution in [0.5, 0.6) is 0 Å². The van der Waals surface area contributed by atoms with Gasteiger partial charge in [-0.15, -0.1) is 0 Å². The van der Waals surface area contributed by atoms with Crippen molar-refractivity contribution in [1.82, 2.24) is 4.98 Å². The second kappa shape index (κ2) is 7.77. The highest BCUT2D eigenvalue weighted by Gasteiger charge is 2.38. The number of aryl methyl sites for hydroxylation is 3. The van der Waals surface area contributed by atoms with Crippen LogP contribution in [-0.2, 0) is 4.74 Å². The first kappa shape index (κ1) is 20.5. The Bertz CT molecular complexity index is 1560. The molecule has 4 heteroatoms. The largest absolute Gasteiger partial charge is 0.463 e. The smallest absolute Gasteiger partial charge is 0.227 e. The molecule has 0 spiro atoms. The number of pyridine rings is 1. The highest BCUT2D eigenvalue weighted by Crippen LogP contribution is 2.49. The Morgan fingerprint density at radius 2 is 1.50 bits per heavy atom. The Kier molecular flexibility index (Phi) is 4.70. The summed E-state index contributed by atoms with van der Waals surface area (Å²) in [5.41, 5.74) is 9.34. The fraction of sp³-hybridized carbons (Fsp3) is 0.167. The number of aromatic nitrogens is 1. The first-order valence-electron chi connectivity index (χ1n) is 11.6. The van der Waals surface area contributed by atoms with Gasteiger partial charge < -0.3 is 9.15 Å². The zero-order valence-corrected chi connectivity index (χ0v) is 19.8. The Morgan fingerprint density at radius 1 is 0.735 bits per heavy atom. The molecule has 1 unspecified atom stereocenters. The summed E-state index contributed by atoms with van der Waals surface area (Å²) in [7, 11) is 0. The third-order valence-electron chi connectivity index (χ3n) is 6.81. The molecule has 4 nitrogen and oxygen atoms in total. The van der Waals surface area contributed by atoms with Gasteiger partial charge in [-0.2, -0.15) is 0 Å². The molecular formula is C30H26N2O2. The molecule has 6 rings (SSSR count). The summed E-state index contributed by atoms with van der Waals surface area (Å²) in [4.78, 5) is 6.78. The fourth-order valence-electron chi connectivity index (χ4n) is 5.15. The molecule has 3 heterocycles. The zero-order valence-electron chi connectivity index (χ0n) is 19.8. The van der Waals surface area contributed by atoms with E-state index in [1.54, 1.807) is 6.20 Å². The lowest BCUT2D eigenvalue weighted by Crippen LogP contribution is -2.25. The van der Waals surface area contributed by atoms with E-state index in [0.717, 1.165) is 44.6 Å². The van der Waals surface area contributed by atoms with Gasteiger partial charge >= 0.3 is 0 Å². The lowest BCUT2D eigenvalue weighted by molar-refractivity contribution is 0.194. The van der Waals surface area contributed by atoms with E-state index < -0.39 is 0 Å². The van der Waals surface area contributed by atoms with Crippen LogP contribution in [0.4, 0.5) is 5.69 Å². The maximum atomic E-state index is 6.80. The van der Waals surface area contributed by atoms with Crippen molar-refractivity contribution in [3.05, 3.63) is 113 Å². The number of nitrogens with zero attached hydrogens (tertiary/aromatic N) is 2. The molecule has 0 radical (unpaired) electrons. The standard InChI is InChI=1S/C30H26N2O2/c1-18-10-8-11-19(2)25(18)30-32(21(4)27(34-30)22-12-6-5-7-13-22)26-20(3)15-16-23-24-14-9-17-31-29(24)33-28(23)26/h5-17,30H,1-4H3. The van der Waals surface area contributed by atoms with E-state index >= 15 is 0 Å². The first-order chi connectivity index (χ1) is 16.5. The van der Waals surface area contributed by atoms with Gasteiger partial charge in [-0.1, -0.05) is 60.7 Å². The molecule has 0 saturated carbocycles. The molecule has 0 aliphatic carbocycles. The molecule has 0 N–H and O–H groups in total. The number of fused-ring (bicyclic) bond motifs is 3. The summed E-state index contributed by atoms with van der Waals surface area (Å²) >= 11 is 0. The Morgan fingerprint density at radius 3 is 2.26 bits per heavy atom. The van der Waals surface area contributed by atoms with E-state index in [2.05, 4.69) is 86.1 Å². The van der Waals surface area contributed by atoms with Crippen LogP contribution in [0.2, 0.25) is 0 Å². The van der Waals surface area contributed by atoms with Crippen molar-refractivity contribution >= 4 is 33.5 Å². The highest BCUT2D eigenvalue weighted by atomic mass is 16.5. The van der Waals surface area contributed by atoms with Crippen LogP contribution in [0, 0.1) is 20.8 Å². The van der Waals surface area contributed by atoms with Crippen molar-refractivity contribution < 1.29 is 9.15 Å². The molecule has 0 saturated heterocycles. The third kappa shape index (κ3) is 3.02. The SMILES string of the molecule is CC1=C(c2ccccc2)OC(c2c(C)cccc2C)N1c1c(C)ccc2c1oc1ncccc12. The molecule has 0 amide bonds. The summed E-state index contributed by atoms with van der Waals surface area (Å²) in [6.07, 6.45) is 1.47. The number of hydrogen-bond donors (Lipinski definition) is 0. The minimum absolute atomic E-state index is 0.304. The quantitative estimate of drug-likeness (QED) is 0.283. The summed E-state index contributed by atoms with van der Waals surface area (Å²) in [5.74, 6) is 0.888. The highest BCUT2D eigenvalue weighted by molar-refractivity contribution is 6.09. The van der Waals surface area contributed by atoms with Crippen LogP contribution in [0.3, 0.4) is 0 Å². The topological polar surface area (TPSA) is 38.5 Å². The predicted molar refractivity (Wildman–Crippen MR) is 138 cm³/mol. The van der Waals surface area contributed by atoms with Crippen molar-refractivity contribution in [2.45, 2.75) is 33.9 Å². The van der Waals surface area contributed by atoms with E-state index in [-0.39, 0.29) is 6.23 Å². The van der Waals surface area contributed by atoms with Crippen LogP contribution < -0.4 is 4.90 Å². The van der Waals surface area contributed by atoms with Gasteiger partial charge in [0.15, 0.2) is 5.58 Å². The van der Waals surface area contributed by atoms with Crippen molar-refractivity contribution in [2.75, 3.05) is 4.90 Å². The van der Waals surface area contributed by atoms with Crippen molar-refractivity contribution in [3.63, 3.8) is 0 Å². The molecular weight excluding hydrogens is 420 g/mol. The van der Waals surface area contributed by atoms with E-state index in [9.17, 15) is 0 Å². The maximum Gasteiger partial charge on any atom is 0.227 e. The van der Waals surface area contributed by atoms with Crippen LogP contribution in [0.1, 0.15) is 41.0 Å². The normalized spacial score (nSPS) is 16.0. The minimum Gasteiger partial charge on any atom is -0.463 e. The van der Waals surface area contributed by atoms with Crippen molar-refractivity contribution in [3.8, 4) is 0 Å². The lowest BCUT2D eigenvalue weighted by atomic mass is 9.99. The number of anilines is 1. The molecule has 1 aliphatic heterocycles. The number of ether oxygens (including phenoxy) is 1. The van der Waals surface area contributed by atoms with Crippen LogP contribution in [-0.4, -0.2) is 4.98 Å². The van der Waals surface area contributed by atoms with Gasteiger partial charge in [0, 0.05) is 28.1 Å². The van der Waals surface area contributed by atoms with Crippen molar-refractivity contribution in [2.24, 2.45) is 0 Å². The predicted octanol–water partition coefficient (Wildman–Crippen LogP) is 7.83. The Labute approximate surface area is 199 Å². The second-order valence-corrected chi connectivity index (χ2v) is 8.99. The van der Waals surface area contributed by atoms with Gasteiger partial charge in [0.25, 0.3) is 0 Å². The van der Waals surface area contributed by atoms with E-state index in [4.69, 9.17) is 9.15 Å². The van der Waals surface area contributed by atoms with Crippen LogP contribution in [0.25, 0.3) is 27.8 Å². The molecule has 168 valence electrons. The summed E-state index contributed by atoms with van der Waals surface area (Å²) in [6, 6.07) is 25.0. The fourth-order valence-corrected chi connectivity index (χ4v) is 5.15. The lowest BCUT2D eigenvalue weighted by Gasteiger charge is -2.30. The van der Waals surface area contributed by atoms with E-state index in [1.807, 2.05) is 24.3 Å². The second-order valence-electron chi connectivity index (χ2n) is 8.99. The van der Waals surface area contributed by atoms with Gasteiger partial charge in [-0.05, 0) is 56.5 Å². The minimum atomic E-state index is -0.304. The van der Waals surface area contributed by atoms with Gasteiger partial charge in [0.05, 0.1) is 11.4 Å². The van der Waals surface area contributed by atoms with Crippen LogP contribution >= 0.6 is 0 Å². The van der Waals surface area contributed by atoms with Crippen molar-refractivity contribution in [1.29, 1.82) is 0 Å². The number of hydrogen-bond acceptors (Lipinski definition) is 4. The van der Waals surface area contributed by atoms with E-state index in [0.29, 0.717) is 5.71 Å². The van der Waals surface area contributed by atoms with Gasteiger partial charge in [-0.25, -0.2) is 4.98 Å². The summed E-state index contributed by atoms with van der Waals surface area (Å²) in [5, 5.41) is 2.08. The monoisotopic (exact) mass is 446 g/mol. The van der Waals surface area contributed by atoms with Gasteiger partial charge in [-0.3, -0.25) is 4.90 Å². The molecule has 0 fully saturated rings. The molecule has 1 aliphatic rings. The summed E-state index contributed by atoms with van der Waals surface area (Å²) in [6.45, 7) is 8.57. The molecule has 5 aromatic rings. The average molecular weight is 447 g/mol. The molecule has 2 aromatic heterocycles. The molecule has 3 aromatic carbocycles. The number of benzene rings is 3. The number of allylic oxidation sites excluding steroid dienone is 1. The van der Waals surface area contributed by atoms with Gasteiger partial charge in [0.1, 0.15) is 5.76 Å². The summed E-state index contributed by atoms with van der Waals surface area (Å²) < 4.78 is 13.2. The third-order valence-corrected chi connectivity index (χ3v) is 6.81. The Hall–Kier alpha value is -4.05. The zero-order chi connectivity index (χ0) is 23.4. The van der Waals surface area contributed by atoms with Gasteiger partial charge in [0.2, 0.25) is 11.9 Å². The number of rotatable bonds is 3. The Balaban J connectivity index is 1.65. The molecule has 34 heavy (non-hydrogen) atoms. The molecule has 0 bridgehead atoms. The maximum absolute atomic E-state index is 6.80. The first-order valence-corrected chi connectivity index (χ1v) is 11.6. The van der Waals surface area contributed by atoms with Crippen LogP contribution in [0.15, 0.2) is 89.1 Å². The molecule has 1 atom stereocenters. The van der Waals surface area contributed by atoms with E-state index in [1.165, 1.54) is 16.7 Å². The number of furan rings is 1. The average Bonchev–Trinajstić information content (AvgIpc) is 3.38.